The number of benzene rings is 1. The van der Waals surface area contributed by atoms with Crippen LogP contribution in [-0.2, 0) is 4.79 Å². The molecule has 1 fully saturated rings. The van der Waals surface area contributed by atoms with Crippen molar-refractivity contribution in [1.29, 1.82) is 0 Å². The van der Waals surface area contributed by atoms with Crippen molar-refractivity contribution < 1.29 is 19.0 Å². The second-order valence-corrected chi connectivity index (χ2v) is 10.3. The molecule has 1 N–H and O–H groups in total. The zero-order valence-corrected chi connectivity index (χ0v) is 21.0. The summed E-state index contributed by atoms with van der Waals surface area (Å²) in [6, 6.07) is 9.48. The molecule has 0 amide bonds. The standard InChI is InChI=1S/C28H31FN2O3S/c1-20-19-30-25-8-7-21(34-2)17-23(25)27(20)24(29)9-10-28(18-26(32)33)11-14-31(15-12-28)13-3-5-22-6-4-16-35-22/h4,6-8,16-17,19,24H,9-15,18H2,1-2H3,(H,32,33). The minimum Gasteiger partial charge on any atom is -0.497 e. The van der Waals surface area contributed by atoms with Crippen LogP contribution in [0.4, 0.5) is 4.39 Å². The van der Waals surface area contributed by atoms with E-state index in [1.165, 1.54) is 0 Å². The second kappa shape index (κ2) is 11.2. The molecule has 3 heterocycles. The fourth-order valence-electron chi connectivity index (χ4n) is 5.02. The number of ether oxygens (including phenoxy) is 1. The van der Waals surface area contributed by atoms with E-state index in [0.717, 1.165) is 47.3 Å². The number of rotatable bonds is 8. The first-order valence-corrected chi connectivity index (χ1v) is 12.8. The summed E-state index contributed by atoms with van der Waals surface area (Å²) < 4.78 is 21.1. The lowest BCUT2D eigenvalue weighted by atomic mass is 9.71. The highest BCUT2D eigenvalue weighted by Gasteiger charge is 2.37. The number of aliphatic carboxylic acids is 1. The van der Waals surface area contributed by atoms with Crippen molar-refractivity contribution in [1.82, 2.24) is 9.88 Å². The van der Waals surface area contributed by atoms with E-state index in [1.807, 2.05) is 42.6 Å². The van der Waals surface area contributed by atoms with Crippen molar-refractivity contribution in [3.05, 3.63) is 57.9 Å². The minimum atomic E-state index is -1.20. The second-order valence-electron chi connectivity index (χ2n) is 9.37. The van der Waals surface area contributed by atoms with E-state index in [1.54, 1.807) is 24.6 Å². The Morgan fingerprint density at radius 1 is 1.34 bits per heavy atom. The van der Waals surface area contributed by atoms with Gasteiger partial charge in [-0.25, -0.2) is 4.39 Å². The zero-order valence-electron chi connectivity index (χ0n) is 20.2. The van der Waals surface area contributed by atoms with Crippen molar-refractivity contribution in [2.24, 2.45) is 5.41 Å². The van der Waals surface area contributed by atoms with Gasteiger partial charge >= 0.3 is 5.97 Å². The number of likely N-dealkylation sites (tertiary alicyclic amines) is 1. The SMILES string of the molecule is COc1ccc2ncc(C)c(C(F)CCC3(CC(=O)O)CCN(CC#Cc4cccs4)CC3)c2c1. The number of nitrogens with zero attached hydrogens (tertiary/aromatic N) is 2. The van der Waals surface area contributed by atoms with Gasteiger partial charge in [0.15, 0.2) is 0 Å². The average Bonchev–Trinajstić information content (AvgIpc) is 3.36. The quantitative estimate of drug-likeness (QED) is 0.389. The molecule has 35 heavy (non-hydrogen) atoms. The van der Waals surface area contributed by atoms with Crippen LogP contribution in [0.15, 0.2) is 41.9 Å². The number of carboxylic acids is 1. The molecular formula is C28H31FN2O3S. The van der Waals surface area contributed by atoms with Crippen molar-refractivity contribution in [2.75, 3.05) is 26.7 Å². The third-order valence-corrected chi connectivity index (χ3v) is 7.82. The third kappa shape index (κ3) is 6.19. The Hall–Kier alpha value is -2.95. The van der Waals surface area contributed by atoms with Crippen molar-refractivity contribution in [3.8, 4) is 17.6 Å². The van der Waals surface area contributed by atoms with Crippen molar-refractivity contribution >= 4 is 28.2 Å². The Morgan fingerprint density at radius 3 is 2.83 bits per heavy atom. The molecule has 2 aromatic heterocycles. The summed E-state index contributed by atoms with van der Waals surface area (Å²) in [5.74, 6) is 6.25. The van der Waals surface area contributed by atoms with Crippen molar-refractivity contribution in [2.45, 2.75) is 45.2 Å². The molecule has 0 aliphatic carbocycles. The Labute approximate surface area is 209 Å². The van der Waals surface area contributed by atoms with Gasteiger partial charge in [0, 0.05) is 11.6 Å². The fraction of sp³-hybridized carbons (Fsp3) is 0.429. The van der Waals surface area contributed by atoms with Gasteiger partial charge in [0.05, 0.1) is 30.5 Å². The van der Waals surface area contributed by atoms with Gasteiger partial charge in [0.25, 0.3) is 0 Å². The Bertz CT molecular complexity index is 1220. The van der Waals surface area contributed by atoms with E-state index in [-0.39, 0.29) is 12.8 Å². The molecule has 0 saturated carbocycles. The molecule has 0 radical (unpaired) electrons. The van der Waals surface area contributed by atoms with Gasteiger partial charge in [0.2, 0.25) is 0 Å². The topological polar surface area (TPSA) is 62.7 Å². The fourth-order valence-corrected chi connectivity index (χ4v) is 5.61. The van der Waals surface area contributed by atoms with Crippen molar-refractivity contribution in [3.63, 3.8) is 0 Å². The molecule has 1 aliphatic heterocycles. The molecule has 0 bridgehead atoms. The maximum Gasteiger partial charge on any atom is 0.303 e. The van der Waals surface area contributed by atoms with E-state index in [4.69, 9.17) is 4.74 Å². The molecule has 1 aliphatic rings. The minimum absolute atomic E-state index is 0.0678. The van der Waals surface area contributed by atoms with Crippen LogP contribution >= 0.6 is 11.3 Å². The molecular weight excluding hydrogens is 463 g/mol. The van der Waals surface area contributed by atoms with Gasteiger partial charge in [0.1, 0.15) is 11.9 Å². The monoisotopic (exact) mass is 494 g/mol. The lowest BCUT2D eigenvalue weighted by molar-refractivity contribution is -0.141. The molecule has 1 saturated heterocycles. The van der Waals surface area contributed by atoms with E-state index in [0.29, 0.717) is 24.3 Å². The smallest absolute Gasteiger partial charge is 0.303 e. The molecule has 4 rings (SSSR count). The summed E-state index contributed by atoms with van der Waals surface area (Å²) in [5.41, 5.74) is 1.75. The lowest BCUT2D eigenvalue weighted by Crippen LogP contribution is -2.41. The van der Waals surface area contributed by atoms with E-state index in [2.05, 4.69) is 21.7 Å². The number of aromatic nitrogens is 1. The molecule has 184 valence electrons. The third-order valence-electron chi connectivity index (χ3n) is 7.04. The van der Waals surface area contributed by atoms with Gasteiger partial charge in [-0.05, 0) is 91.9 Å². The molecule has 5 nitrogen and oxygen atoms in total. The van der Waals surface area contributed by atoms with Gasteiger partial charge < -0.3 is 9.84 Å². The van der Waals surface area contributed by atoms with Gasteiger partial charge in [-0.3, -0.25) is 14.7 Å². The van der Waals surface area contributed by atoms with Crippen LogP contribution in [0.3, 0.4) is 0 Å². The highest BCUT2D eigenvalue weighted by Crippen LogP contribution is 2.43. The largest absolute Gasteiger partial charge is 0.497 e. The average molecular weight is 495 g/mol. The number of carbonyl (C=O) groups is 1. The molecule has 1 aromatic carbocycles. The highest BCUT2D eigenvalue weighted by molar-refractivity contribution is 7.10. The van der Waals surface area contributed by atoms with Crippen LogP contribution in [0.5, 0.6) is 5.75 Å². The number of thiophene rings is 1. The summed E-state index contributed by atoms with van der Waals surface area (Å²) in [6.45, 7) is 4.09. The maximum atomic E-state index is 15.8. The van der Waals surface area contributed by atoms with E-state index >= 15 is 4.39 Å². The van der Waals surface area contributed by atoms with E-state index in [9.17, 15) is 9.90 Å². The predicted octanol–water partition coefficient (Wildman–Crippen LogP) is 6.01. The lowest BCUT2D eigenvalue weighted by Gasteiger charge is -2.41. The van der Waals surface area contributed by atoms with Crippen LogP contribution in [0.25, 0.3) is 10.9 Å². The Kier molecular flexibility index (Phi) is 8.04. The number of carboxylic acid groups (broad SMARTS) is 1. The number of pyridine rings is 1. The maximum absolute atomic E-state index is 15.8. The molecule has 1 unspecified atom stereocenters. The van der Waals surface area contributed by atoms with Gasteiger partial charge in [-0.1, -0.05) is 17.9 Å². The number of hydrogen-bond donors (Lipinski definition) is 1. The number of aryl methyl sites for hydroxylation is 1. The Morgan fingerprint density at radius 2 is 2.14 bits per heavy atom. The van der Waals surface area contributed by atoms with Crippen LogP contribution in [0, 0.1) is 24.2 Å². The number of piperidine rings is 1. The van der Waals surface area contributed by atoms with Crippen LogP contribution in [0.1, 0.15) is 54.3 Å². The van der Waals surface area contributed by atoms with Crippen LogP contribution < -0.4 is 4.74 Å². The molecule has 7 heteroatoms. The number of fused-ring (bicyclic) bond motifs is 1. The number of halogens is 1. The summed E-state index contributed by atoms with van der Waals surface area (Å²) in [4.78, 5) is 19.5. The first-order chi connectivity index (χ1) is 16.9. The summed E-state index contributed by atoms with van der Waals surface area (Å²) >= 11 is 1.62. The molecule has 0 spiro atoms. The predicted molar refractivity (Wildman–Crippen MR) is 138 cm³/mol. The van der Waals surface area contributed by atoms with Gasteiger partial charge in [-0.2, -0.15) is 0 Å². The molecule has 1 atom stereocenters. The summed E-state index contributed by atoms with van der Waals surface area (Å²) in [7, 11) is 1.59. The first kappa shape index (κ1) is 25.2. The summed E-state index contributed by atoms with van der Waals surface area (Å²) in [6.07, 6.45) is 2.85. The van der Waals surface area contributed by atoms with Crippen LogP contribution in [0.2, 0.25) is 0 Å². The first-order valence-electron chi connectivity index (χ1n) is 11.9. The number of methoxy groups -OCH3 is 1. The van der Waals surface area contributed by atoms with Crippen LogP contribution in [-0.4, -0.2) is 47.7 Å². The highest BCUT2D eigenvalue weighted by atomic mass is 32.1. The number of alkyl halides is 1. The zero-order chi connectivity index (χ0) is 24.8. The van der Waals surface area contributed by atoms with Gasteiger partial charge in [-0.15, -0.1) is 11.3 Å². The van der Waals surface area contributed by atoms with E-state index < -0.39 is 17.6 Å². The molecule has 3 aromatic rings. The summed E-state index contributed by atoms with van der Waals surface area (Å²) in [5, 5.41) is 12.4. The Balaban J connectivity index is 1.44. The normalized spacial score (nSPS) is 16.4. The number of hydrogen-bond acceptors (Lipinski definition) is 5.